The van der Waals surface area contributed by atoms with Crippen LogP contribution in [0, 0.1) is 0 Å². The molecule has 0 saturated carbocycles. The van der Waals surface area contributed by atoms with Gasteiger partial charge in [0.1, 0.15) is 4.47 Å². The molecule has 0 spiro atoms. The van der Waals surface area contributed by atoms with Gasteiger partial charge in [-0.15, -0.1) is 0 Å². The van der Waals surface area contributed by atoms with Gasteiger partial charge in [-0.05, 0) is 30.0 Å². The molecule has 1 aromatic heterocycles. The Kier molecular flexibility index (Phi) is 4.36. The van der Waals surface area contributed by atoms with Crippen molar-refractivity contribution in [2.24, 2.45) is 0 Å². The molecule has 1 aromatic rings. The number of piperazine rings is 1. The van der Waals surface area contributed by atoms with Gasteiger partial charge in [0, 0.05) is 32.2 Å². The highest BCUT2D eigenvalue weighted by molar-refractivity contribution is 9.10. The van der Waals surface area contributed by atoms with Gasteiger partial charge in [-0.25, -0.2) is 5.10 Å². The summed E-state index contributed by atoms with van der Waals surface area (Å²) >= 11 is 3.26. The lowest BCUT2D eigenvalue weighted by atomic mass is 10.2. The third-order valence-electron chi connectivity index (χ3n) is 3.30. The Morgan fingerprint density at radius 1 is 1.56 bits per heavy atom. The molecule has 1 unspecified atom stereocenters. The van der Waals surface area contributed by atoms with Gasteiger partial charge < -0.3 is 10.2 Å². The maximum Gasteiger partial charge on any atom is 0.280 e. The van der Waals surface area contributed by atoms with Crippen molar-refractivity contribution in [3.05, 3.63) is 21.0 Å². The molecule has 0 bridgehead atoms. The Balaban J connectivity index is 1.98. The highest BCUT2D eigenvalue weighted by Crippen LogP contribution is 2.16. The fourth-order valence-corrected chi connectivity index (χ4v) is 2.39. The molecule has 100 valence electrons. The average molecular weight is 316 g/mol. The van der Waals surface area contributed by atoms with E-state index in [4.69, 9.17) is 0 Å². The first kappa shape index (κ1) is 13.5. The lowest BCUT2D eigenvalue weighted by Crippen LogP contribution is -2.52. The Labute approximate surface area is 114 Å². The number of nitrogens with one attached hydrogen (secondary N) is 2. The molecular formula is C11H18BrN5O. The van der Waals surface area contributed by atoms with Gasteiger partial charge in [-0.3, -0.25) is 9.69 Å². The van der Waals surface area contributed by atoms with Gasteiger partial charge in [0.05, 0.1) is 11.9 Å². The minimum Gasteiger partial charge on any atom is -0.381 e. The van der Waals surface area contributed by atoms with Crippen LogP contribution in [0.5, 0.6) is 0 Å². The monoisotopic (exact) mass is 315 g/mol. The fourth-order valence-electron chi connectivity index (χ4n) is 2.06. The first-order valence-corrected chi connectivity index (χ1v) is 6.73. The third-order valence-corrected chi connectivity index (χ3v) is 4.09. The van der Waals surface area contributed by atoms with Crippen molar-refractivity contribution in [3.63, 3.8) is 0 Å². The Morgan fingerprint density at radius 3 is 3.11 bits per heavy atom. The number of rotatable bonds is 3. The number of halogens is 1. The maximum absolute atomic E-state index is 11.4. The summed E-state index contributed by atoms with van der Waals surface area (Å²) in [5, 5.41) is 9.45. The summed E-state index contributed by atoms with van der Waals surface area (Å²) in [6.07, 6.45) is 1.62. The summed E-state index contributed by atoms with van der Waals surface area (Å²) in [5.41, 5.74) is 0.523. The molecule has 6 nitrogen and oxygen atoms in total. The molecule has 0 aliphatic carbocycles. The molecule has 1 aliphatic rings. The van der Waals surface area contributed by atoms with E-state index >= 15 is 0 Å². The van der Waals surface area contributed by atoms with E-state index in [2.05, 4.69) is 55.3 Å². The fraction of sp³-hybridized carbons (Fsp3) is 0.636. The second-order valence-electron chi connectivity index (χ2n) is 4.70. The van der Waals surface area contributed by atoms with Gasteiger partial charge in [-0.1, -0.05) is 0 Å². The van der Waals surface area contributed by atoms with Crippen LogP contribution in [-0.2, 0) is 0 Å². The average Bonchev–Trinajstić information content (AvgIpc) is 2.35. The van der Waals surface area contributed by atoms with Crippen LogP contribution in [0.25, 0.3) is 0 Å². The van der Waals surface area contributed by atoms with Crippen LogP contribution in [0.3, 0.4) is 0 Å². The highest BCUT2D eigenvalue weighted by atomic mass is 79.9. The molecular weight excluding hydrogens is 298 g/mol. The van der Waals surface area contributed by atoms with E-state index in [-0.39, 0.29) is 5.56 Å². The van der Waals surface area contributed by atoms with Crippen molar-refractivity contribution < 1.29 is 0 Å². The molecule has 2 N–H and O–H groups in total. The highest BCUT2D eigenvalue weighted by Gasteiger charge is 2.22. The Hall–Kier alpha value is -0.920. The second kappa shape index (κ2) is 5.81. The molecule has 7 heteroatoms. The number of aromatic amines is 1. The van der Waals surface area contributed by atoms with Gasteiger partial charge in [0.25, 0.3) is 5.56 Å². The van der Waals surface area contributed by atoms with E-state index in [9.17, 15) is 4.79 Å². The smallest absolute Gasteiger partial charge is 0.280 e. The van der Waals surface area contributed by atoms with Crippen LogP contribution in [0.1, 0.15) is 0 Å². The first-order valence-electron chi connectivity index (χ1n) is 5.93. The van der Waals surface area contributed by atoms with Gasteiger partial charge >= 0.3 is 0 Å². The van der Waals surface area contributed by atoms with Crippen molar-refractivity contribution in [1.29, 1.82) is 0 Å². The molecule has 2 rings (SSSR count). The number of aromatic nitrogens is 2. The van der Waals surface area contributed by atoms with Crippen molar-refractivity contribution in [2.75, 3.05) is 45.6 Å². The topological polar surface area (TPSA) is 64.3 Å². The number of nitrogens with zero attached hydrogens (tertiary/aromatic N) is 3. The quantitative estimate of drug-likeness (QED) is 0.833. The lowest BCUT2D eigenvalue weighted by molar-refractivity contribution is 0.122. The molecule has 1 fully saturated rings. The van der Waals surface area contributed by atoms with Crippen LogP contribution in [0.4, 0.5) is 5.69 Å². The first-order chi connectivity index (χ1) is 8.58. The van der Waals surface area contributed by atoms with Crippen molar-refractivity contribution >= 4 is 21.6 Å². The summed E-state index contributed by atoms with van der Waals surface area (Å²) in [6, 6.07) is 0.440. The van der Waals surface area contributed by atoms with E-state index in [0.717, 1.165) is 31.9 Å². The number of H-pyrrole nitrogens is 1. The van der Waals surface area contributed by atoms with E-state index in [1.807, 2.05) is 0 Å². The van der Waals surface area contributed by atoms with E-state index in [0.29, 0.717) is 10.5 Å². The predicted octanol–water partition coefficient (Wildman–Crippen LogP) is 0.190. The van der Waals surface area contributed by atoms with E-state index < -0.39 is 0 Å². The van der Waals surface area contributed by atoms with E-state index in [1.165, 1.54) is 0 Å². The Bertz CT molecular complexity index is 463. The summed E-state index contributed by atoms with van der Waals surface area (Å²) < 4.78 is 0.504. The predicted molar refractivity (Wildman–Crippen MR) is 75.0 cm³/mol. The molecule has 2 heterocycles. The summed E-state index contributed by atoms with van der Waals surface area (Å²) in [6.45, 7) is 3.99. The maximum atomic E-state index is 11.4. The molecule has 0 radical (unpaired) electrons. The summed E-state index contributed by atoms with van der Waals surface area (Å²) in [5.74, 6) is 0. The number of hydrogen-bond acceptors (Lipinski definition) is 5. The zero-order valence-electron chi connectivity index (χ0n) is 10.6. The number of anilines is 1. The zero-order chi connectivity index (χ0) is 13.1. The lowest BCUT2D eigenvalue weighted by Gasteiger charge is -2.37. The summed E-state index contributed by atoms with van der Waals surface area (Å²) in [7, 11) is 4.26. The van der Waals surface area contributed by atoms with Gasteiger partial charge in [0.15, 0.2) is 0 Å². The molecule has 1 atom stereocenters. The second-order valence-corrected chi connectivity index (χ2v) is 5.50. The van der Waals surface area contributed by atoms with Crippen molar-refractivity contribution in [2.45, 2.75) is 6.04 Å². The third kappa shape index (κ3) is 3.09. The largest absolute Gasteiger partial charge is 0.381 e. The van der Waals surface area contributed by atoms with Crippen LogP contribution in [0.15, 0.2) is 15.5 Å². The molecule has 0 amide bonds. The van der Waals surface area contributed by atoms with Gasteiger partial charge in [-0.2, -0.15) is 5.10 Å². The van der Waals surface area contributed by atoms with Crippen molar-refractivity contribution in [3.8, 4) is 0 Å². The van der Waals surface area contributed by atoms with Crippen LogP contribution in [-0.4, -0.2) is 66.3 Å². The van der Waals surface area contributed by atoms with Crippen LogP contribution < -0.4 is 10.9 Å². The summed E-state index contributed by atoms with van der Waals surface area (Å²) in [4.78, 5) is 16.0. The number of hydrogen-bond donors (Lipinski definition) is 2. The van der Waals surface area contributed by atoms with Crippen LogP contribution in [0.2, 0.25) is 0 Å². The molecule has 1 saturated heterocycles. The molecule has 0 aromatic carbocycles. The SMILES string of the molecule is CN1CCN(C)C(CNc2cn[nH]c(=O)c2Br)C1. The normalized spacial score (nSPS) is 22.1. The minimum absolute atomic E-state index is 0.214. The standard InChI is InChI=1S/C11H18BrN5O/c1-16-3-4-17(2)8(7-16)5-13-9-6-14-15-11(18)10(9)12/h6,8H,3-5,7H2,1-2H3,(H2,13,15,18). The van der Waals surface area contributed by atoms with Crippen LogP contribution >= 0.6 is 15.9 Å². The number of likely N-dealkylation sites (N-methyl/N-ethyl adjacent to an activating group) is 2. The molecule has 18 heavy (non-hydrogen) atoms. The Morgan fingerprint density at radius 2 is 2.33 bits per heavy atom. The van der Waals surface area contributed by atoms with E-state index in [1.54, 1.807) is 6.20 Å². The van der Waals surface area contributed by atoms with Gasteiger partial charge in [0.2, 0.25) is 0 Å². The minimum atomic E-state index is -0.214. The molecule has 1 aliphatic heterocycles. The van der Waals surface area contributed by atoms with Crippen molar-refractivity contribution in [1.82, 2.24) is 20.0 Å². The zero-order valence-corrected chi connectivity index (χ0v) is 12.2.